The maximum atomic E-state index is 11.2. The van der Waals surface area contributed by atoms with E-state index in [-0.39, 0.29) is 6.79 Å². The fourth-order valence-corrected chi connectivity index (χ4v) is 1.95. The molecule has 1 heterocycles. The minimum atomic E-state index is -0.501. The zero-order chi connectivity index (χ0) is 14.1. The molecule has 1 aliphatic heterocycles. The average molecular weight is 271 g/mol. The summed E-state index contributed by atoms with van der Waals surface area (Å²) in [6.45, 7) is 0.220. The van der Waals surface area contributed by atoms with E-state index in [0.717, 1.165) is 5.69 Å². The molecule has 1 amide bonds. The Morgan fingerprint density at radius 3 is 2.70 bits per heavy atom. The molecule has 2 aromatic carbocycles. The van der Waals surface area contributed by atoms with Crippen molar-refractivity contribution in [2.24, 2.45) is 5.73 Å². The number of nitrogens with two attached hydrogens (primary N) is 2. The molecule has 0 atom stereocenters. The lowest BCUT2D eigenvalue weighted by Gasteiger charge is -2.11. The molecule has 5 N–H and O–H groups in total. The van der Waals surface area contributed by atoms with Crippen molar-refractivity contribution >= 4 is 23.0 Å². The van der Waals surface area contributed by atoms with Crippen LogP contribution in [-0.2, 0) is 0 Å². The number of hydrogen-bond acceptors (Lipinski definition) is 5. The number of nitrogens with one attached hydrogen (secondary N) is 1. The largest absolute Gasteiger partial charge is 0.454 e. The zero-order valence-corrected chi connectivity index (χ0v) is 10.6. The van der Waals surface area contributed by atoms with Crippen molar-refractivity contribution in [1.29, 1.82) is 0 Å². The predicted octanol–water partition coefficient (Wildman–Crippen LogP) is 1.84. The number of amides is 1. The Balaban J connectivity index is 1.91. The van der Waals surface area contributed by atoms with Gasteiger partial charge in [0.15, 0.2) is 11.5 Å². The maximum absolute atomic E-state index is 11.2. The van der Waals surface area contributed by atoms with Crippen LogP contribution in [0.5, 0.6) is 11.5 Å². The third-order valence-corrected chi connectivity index (χ3v) is 2.99. The van der Waals surface area contributed by atoms with Crippen molar-refractivity contribution in [3.05, 3.63) is 42.0 Å². The van der Waals surface area contributed by atoms with Gasteiger partial charge in [-0.15, -0.1) is 0 Å². The van der Waals surface area contributed by atoms with Gasteiger partial charge >= 0.3 is 0 Å². The van der Waals surface area contributed by atoms with Crippen molar-refractivity contribution in [2.45, 2.75) is 0 Å². The molecule has 0 fully saturated rings. The highest BCUT2D eigenvalue weighted by molar-refractivity contribution is 5.95. The lowest BCUT2D eigenvalue weighted by Crippen LogP contribution is -2.11. The van der Waals surface area contributed by atoms with E-state index in [0.29, 0.717) is 28.4 Å². The molecule has 6 nitrogen and oxygen atoms in total. The Bertz CT molecular complexity index is 685. The average Bonchev–Trinajstić information content (AvgIpc) is 2.88. The lowest BCUT2D eigenvalue weighted by atomic mass is 10.1. The Labute approximate surface area is 115 Å². The zero-order valence-electron chi connectivity index (χ0n) is 10.6. The Morgan fingerprint density at radius 1 is 1.10 bits per heavy atom. The van der Waals surface area contributed by atoms with E-state index >= 15 is 0 Å². The molecular formula is C14H13N3O3. The van der Waals surface area contributed by atoms with E-state index in [1.165, 1.54) is 0 Å². The van der Waals surface area contributed by atoms with Crippen LogP contribution in [0.3, 0.4) is 0 Å². The molecule has 2 aromatic rings. The van der Waals surface area contributed by atoms with Crippen LogP contribution < -0.4 is 26.3 Å². The van der Waals surface area contributed by atoms with Gasteiger partial charge in [-0.3, -0.25) is 4.79 Å². The van der Waals surface area contributed by atoms with Crippen molar-refractivity contribution < 1.29 is 14.3 Å². The topological polar surface area (TPSA) is 99.6 Å². The summed E-state index contributed by atoms with van der Waals surface area (Å²) >= 11 is 0. The quantitative estimate of drug-likeness (QED) is 0.740. The molecule has 0 aliphatic carbocycles. The Kier molecular flexibility index (Phi) is 2.83. The monoisotopic (exact) mass is 271 g/mol. The lowest BCUT2D eigenvalue weighted by molar-refractivity contribution is 0.100. The van der Waals surface area contributed by atoms with Gasteiger partial charge in [-0.1, -0.05) is 0 Å². The smallest absolute Gasteiger partial charge is 0.248 e. The number of fused-ring (bicyclic) bond motifs is 1. The van der Waals surface area contributed by atoms with Crippen molar-refractivity contribution in [3.8, 4) is 11.5 Å². The summed E-state index contributed by atoms with van der Waals surface area (Å²) in [5.41, 5.74) is 13.4. The van der Waals surface area contributed by atoms with Gasteiger partial charge in [0.05, 0.1) is 11.4 Å². The van der Waals surface area contributed by atoms with Crippen LogP contribution in [0.2, 0.25) is 0 Å². The normalized spacial score (nSPS) is 12.2. The van der Waals surface area contributed by atoms with Crippen LogP contribution in [0.15, 0.2) is 36.4 Å². The third kappa shape index (κ3) is 2.18. The van der Waals surface area contributed by atoms with Crippen molar-refractivity contribution in [3.63, 3.8) is 0 Å². The molecule has 0 unspecified atom stereocenters. The summed E-state index contributed by atoms with van der Waals surface area (Å²) in [5.74, 6) is 0.868. The van der Waals surface area contributed by atoms with Gasteiger partial charge in [0, 0.05) is 17.3 Å². The van der Waals surface area contributed by atoms with Crippen molar-refractivity contribution in [2.75, 3.05) is 17.8 Å². The molecule has 0 saturated carbocycles. The number of hydrogen-bond donors (Lipinski definition) is 3. The second-order valence-electron chi connectivity index (χ2n) is 4.36. The maximum Gasteiger partial charge on any atom is 0.248 e. The first-order valence-electron chi connectivity index (χ1n) is 5.99. The van der Waals surface area contributed by atoms with E-state index in [4.69, 9.17) is 20.9 Å². The molecule has 6 heteroatoms. The number of nitrogen functional groups attached to an aromatic ring is 1. The highest BCUT2D eigenvalue weighted by Crippen LogP contribution is 2.35. The van der Waals surface area contributed by atoms with Crippen LogP contribution in [0.25, 0.3) is 0 Å². The van der Waals surface area contributed by atoms with Gasteiger partial charge in [0.25, 0.3) is 0 Å². The van der Waals surface area contributed by atoms with Crippen molar-refractivity contribution in [1.82, 2.24) is 0 Å². The van der Waals surface area contributed by atoms with E-state index in [1.54, 1.807) is 30.3 Å². The molecule has 20 heavy (non-hydrogen) atoms. The summed E-state index contributed by atoms with van der Waals surface area (Å²) in [6, 6.07) is 10.3. The highest BCUT2D eigenvalue weighted by Gasteiger charge is 2.13. The van der Waals surface area contributed by atoms with Crippen LogP contribution in [-0.4, -0.2) is 12.7 Å². The second kappa shape index (κ2) is 4.65. The van der Waals surface area contributed by atoms with Crippen LogP contribution in [0.4, 0.5) is 17.1 Å². The number of ether oxygens (including phenoxy) is 2. The molecule has 0 aromatic heterocycles. The minimum Gasteiger partial charge on any atom is -0.454 e. The predicted molar refractivity (Wildman–Crippen MR) is 75.2 cm³/mol. The van der Waals surface area contributed by atoms with E-state index in [2.05, 4.69) is 5.32 Å². The molecule has 1 aliphatic rings. The number of carbonyl (C=O) groups is 1. The molecule has 0 radical (unpaired) electrons. The first-order valence-corrected chi connectivity index (χ1v) is 5.99. The number of rotatable bonds is 3. The molecule has 102 valence electrons. The van der Waals surface area contributed by atoms with Gasteiger partial charge in [-0.2, -0.15) is 0 Å². The number of benzene rings is 2. The van der Waals surface area contributed by atoms with Gasteiger partial charge in [0.1, 0.15) is 0 Å². The summed E-state index contributed by atoms with van der Waals surface area (Å²) in [5, 5.41) is 3.13. The van der Waals surface area contributed by atoms with E-state index in [9.17, 15) is 4.79 Å². The first kappa shape index (κ1) is 12.2. The fourth-order valence-electron chi connectivity index (χ4n) is 1.95. The van der Waals surface area contributed by atoms with Gasteiger partial charge in [-0.25, -0.2) is 0 Å². The first-order chi connectivity index (χ1) is 9.63. The Morgan fingerprint density at radius 2 is 1.90 bits per heavy atom. The van der Waals surface area contributed by atoms with Crippen LogP contribution in [0.1, 0.15) is 10.4 Å². The fraction of sp³-hybridized carbons (Fsp3) is 0.0714. The van der Waals surface area contributed by atoms with Gasteiger partial charge in [0.2, 0.25) is 12.7 Å². The molecule has 0 bridgehead atoms. The highest BCUT2D eigenvalue weighted by atomic mass is 16.7. The SMILES string of the molecule is NC(=O)c1ccc(N)c(Nc2ccc3c(c2)OCO3)c1. The summed E-state index contributed by atoms with van der Waals surface area (Å²) in [7, 11) is 0. The standard InChI is InChI=1S/C14H13N3O3/c15-10-3-1-8(14(16)18)5-11(10)17-9-2-4-12-13(6-9)20-7-19-12/h1-6,17H,7,15H2,(H2,16,18). The van der Waals surface area contributed by atoms with E-state index < -0.39 is 5.91 Å². The number of primary amides is 1. The molecule has 0 saturated heterocycles. The molecular weight excluding hydrogens is 258 g/mol. The Hall–Kier alpha value is -2.89. The molecule has 0 spiro atoms. The molecule has 3 rings (SSSR count). The summed E-state index contributed by atoms with van der Waals surface area (Å²) in [4.78, 5) is 11.2. The number of anilines is 3. The number of carbonyl (C=O) groups excluding carboxylic acids is 1. The minimum absolute atomic E-state index is 0.220. The van der Waals surface area contributed by atoms with Crippen LogP contribution >= 0.6 is 0 Å². The van der Waals surface area contributed by atoms with Crippen LogP contribution in [0, 0.1) is 0 Å². The van der Waals surface area contributed by atoms with Gasteiger partial charge < -0.3 is 26.3 Å². The summed E-state index contributed by atoms with van der Waals surface area (Å²) < 4.78 is 10.5. The third-order valence-electron chi connectivity index (χ3n) is 2.99. The van der Waals surface area contributed by atoms with E-state index in [1.807, 2.05) is 6.07 Å². The summed E-state index contributed by atoms with van der Waals surface area (Å²) in [6.07, 6.45) is 0. The second-order valence-corrected chi connectivity index (χ2v) is 4.36. The van der Waals surface area contributed by atoms with Gasteiger partial charge in [-0.05, 0) is 30.3 Å².